The molecule has 0 amide bonds. The zero-order valence-electron chi connectivity index (χ0n) is 11.6. The lowest BCUT2D eigenvalue weighted by Crippen LogP contribution is -2.31. The van der Waals surface area contributed by atoms with E-state index >= 15 is 0 Å². The second kappa shape index (κ2) is 6.32. The zero-order chi connectivity index (χ0) is 13.8. The molecule has 0 saturated carbocycles. The Bertz CT molecular complexity index is 442. The minimum Gasteiger partial charge on any atom is -0.396 e. The summed E-state index contributed by atoms with van der Waals surface area (Å²) in [7, 11) is 1.96. The van der Waals surface area contributed by atoms with Gasteiger partial charge in [0.1, 0.15) is 0 Å². The number of aromatic nitrogens is 1. The van der Waals surface area contributed by atoms with Crippen LogP contribution in [0.5, 0.6) is 0 Å². The molecular formula is C14H22N2O3. The number of aryl methyl sites for hydroxylation is 1. The van der Waals surface area contributed by atoms with Crippen LogP contribution in [-0.2, 0) is 18.3 Å². The monoisotopic (exact) mass is 266 g/mol. The molecule has 0 aliphatic carbocycles. The zero-order valence-corrected chi connectivity index (χ0v) is 11.6. The maximum atomic E-state index is 11.4. The van der Waals surface area contributed by atoms with Crippen LogP contribution in [0.2, 0.25) is 0 Å². The lowest BCUT2D eigenvalue weighted by molar-refractivity contribution is 0.0957. The van der Waals surface area contributed by atoms with Crippen LogP contribution in [0.15, 0.2) is 12.3 Å². The first-order valence-corrected chi connectivity index (χ1v) is 6.67. The molecule has 106 valence electrons. The number of rotatable bonds is 4. The van der Waals surface area contributed by atoms with Gasteiger partial charge in [0.05, 0.1) is 13.2 Å². The summed E-state index contributed by atoms with van der Waals surface area (Å²) in [5, 5.41) is 9.27. The minimum absolute atomic E-state index is 0.0919. The van der Waals surface area contributed by atoms with Crippen molar-refractivity contribution in [3.05, 3.63) is 23.5 Å². The summed E-state index contributed by atoms with van der Waals surface area (Å²) < 4.78 is 7.47. The lowest BCUT2D eigenvalue weighted by atomic mass is 10.1. The Morgan fingerprint density at radius 3 is 3.00 bits per heavy atom. The third-order valence-corrected chi connectivity index (χ3v) is 3.58. The van der Waals surface area contributed by atoms with Crippen LogP contribution in [-0.4, -0.2) is 53.3 Å². The number of aliphatic hydroxyl groups excluding tert-OH is 1. The highest BCUT2D eigenvalue weighted by Gasteiger charge is 2.19. The van der Waals surface area contributed by atoms with Gasteiger partial charge < -0.3 is 14.4 Å². The first kappa shape index (κ1) is 14.2. The molecule has 0 aromatic carbocycles. The summed E-state index contributed by atoms with van der Waals surface area (Å²) >= 11 is 0. The Hall–Kier alpha value is -1.17. The highest BCUT2D eigenvalue weighted by Crippen LogP contribution is 2.14. The first-order valence-electron chi connectivity index (χ1n) is 6.67. The van der Waals surface area contributed by atoms with Crippen molar-refractivity contribution in [3.63, 3.8) is 0 Å². The smallest absolute Gasteiger partial charge is 0.161 e. The van der Waals surface area contributed by atoms with Gasteiger partial charge in [-0.25, -0.2) is 0 Å². The molecule has 1 atom stereocenters. The summed E-state index contributed by atoms with van der Waals surface area (Å²) in [6.07, 6.45) is 1.87. The van der Waals surface area contributed by atoms with Gasteiger partial charge in [-0.3, -0.25) is 9.69 Å². The van der Waals surface area contributed by atoms with Crippen LogP contribution < -0.4 is 0 Å². The highest BCUT2D eigenvalue weighted by molar-refractivity contribution is 5.94. The average molecular weight is 266 g/mol. The van der Waals surface area contributed by atoms with Gasteiger partial charge in [0, 0.05) is 56.7 Å². The summed E-state index contributed by atoms with van der Waals surface area (Å²) in [6.45, 7) is 5.53. The Kier molecular flexibility index (Phi) is 4.74. The SMILES string of the molecule is CC(=O)c1cc(CN2CCOC[C@H](CO)C2)n(C)c1. The van der Waals surface area contributed by atoms with Gasteiger partial charge in [-0.15, -0.1) is 0 Å². The van der Waals surface area contributed by atoms with Crippen LogP contribution in [0.3, 0.4) is 0 Å². The van der Waals surface area contributed by atoms with Crippen molar-refractivity contribution in [1.29, 1.82) is 0 Å². The Labute approximate surface area is 113 Å². The van der Waals surface area contributed by atoms with Crippen LogP contribution in [0, 0.1) is 5.92 Å². The topological polar surface area (TPSA) is 54.7 Å². The van der Waals surface area contributed by atoms with Crippen molar-refractivity contribution in [3.8, 4) is 0 Å². The molecule has 2 heterocycles. The van der Waals surface area contributed by atoms with Gasteiger partial charge in [0.15, 0.2) is 5.78 Å². The molecule has 19 heavy (non-hydrogen) atoms. The molecule has 0 bridgehead atoms. The van der Waals surface area contributed by atoms with Crippen molar-refractivity contribution >= 4 is 5.78 Å². The van der Waals surface area contributed by atoms with E-state index in [2.05, 4.69) is 4.90 Å². The van der Waals surface area contributed by atoms with E-state index in [9.17, 15) is 9.90 Å². The van der Waals surface area contributed by atoms with E-state index in [1.807, 2.05) is 23.9 Å². The molecule has 5 heteroatoms. The van der Waals surface area contributed by atoms with E-state index in [1.54, 1.807) is 6.92 Å². The number of ketones is 1. The van der Waals surface area contributed by atoms with Gasteiger partial charge in [-0.2, -0.15) is 0 Å². The maximum Gasteiger partial charge on any atom is 0.161 e. The molecular weight excluding hydrogens is 244 g/mol. The predicted octanol–water partition coefficient (Wildman–Crippen LogP) is 0.668. The number of carbonyl (C=O) groups excluding carboxylic acids is 1. The summed E-state index contributed by atoms with van der Waals surface area (Å²) in [6, 6.07) is 1.95. The molecule has 1 aliphatic heterocycles. The number of hydrogen-bond donors (Lipinski definition) is 1. The lowest BCUT2D eigenvalue weighted by Gasteiger charge is -2.22. The second-order valence-electron chi connectivity index (χ2n) is 5.25. The van der Waals surface area contributed by atoms with Gasteiger partial charge >= 0.3 is 0 Å². The number of aliphatic hydroxyl groups is 1. The quantitative estimate of drug-likeness (QED) is 0.814. The van der Waals surface area contributed by atoms with Crippen molar-refractivity contribution in [2.24, 2.45) is 13.0 Å². The second-order valence-corrected chi connectivity index (χ2v) is 5.25. The molecule has 5 nitrogen and oxygen atoms in total. The van der Waals surface area contributed by atoms with Crippen LogP contribution in [0.25, 0.3) is 0 Å². The summed E-state index contributed by atoms with van der Waals surface area (Å²) in [5.41, 5.74) is 1.87. The van der Waals surface area contributed by atoms with Gasteiger partial charge in [0.25, 0.3) is 0 Å². The third kappa shape index (κ3) is 3.65. The highest BCUT2D eigenvalue weighted by atomic mass is 16.5. The van der Waals surface area contributed by atoms with E-state index in [0.717, 1.165) is 30.9 Å². The molecule has 1 N–H and O–H groups in total. The van der Waals surface area contributed by atoms with E-state index < -0.39 is 0 Å². The first-order chi connectivity index (χ1) is 9.10. The Morgan fingerprint density at radius 2 is 2.37 bits per heavy atom. The standard InChI is InChI=1S/C14H22N2O3/c1-11(18)13-5-14(15(2)7-13)8-16-3-4-19-10-12(6-16)9-17/h5,7,12,17H,3-4,6,8-10H2,1-2H3/t12-/m0/s1. The van der Waals surface area contributed by atoms with E-state index in [0.29, 0.717) is 13.2 Å². The number of carbonyl (C=O) groups is 1. The molecule has 0 radical (unpaired) electrons. The van der Waals surface area contributed by atoms with Crippen molar-refractivity contribution in [2.75, 3.05) is 32.9 Å². The van der Waals surface area contributed by atoms with Gasteiger partial charge in [-0.05, 0) is 13.0 Å². The van der Waals surface area contributed by atoms with Crippen molar-refractivity contribution < 1.29 is 14.6 Å². The fourth-order valence-corrected chi connectivity index (χ4v) is 2.40. The number of ether oxygens (including phenoxy) is 1. The van der Waals surface area contributed by atoms with E-state index in [-0.39, 0.29) is 18.3 Å². The van der Waals surface area contributed by atoms with Gasteiger partial charge in [-0.1, -0.05) is 0 Å². The fraction of sp³-hybridized carbons (Fsp3) is 0.643. The molecule has 2 rings (SSSR count). The van der Waals surface area contributed by atoms with Crippen molar-refractivity contribution in [2.45, 2.75) is 13.5 Å². The number of hydrogen-bond acceptors (Lipinski definition) is 4. The maximum absolute atomic E-state index is 11.4. The Morgan fingerprint density at radius 1 is 1.58 bits per heavy atom. The van der Waals surface area contributed by atoms with E-state index in [4.69, 9.17) is 4.74 Å². The van der Waals surface area contributed by atoms with E-state index in [1.165, 1.54) is 0 Å². The molecule has 1 fully saturated rings. The summed E-state index contributed by atoms with van der Waals surface area (Å²) in [4.78, 5) is 13.6. The van der Waals surface area contributed by atoms with Crippen LogP contribution in [0.1, 0.15) is 23.0 Å². The predicted molar refractivity (Wildman–Crippen MR) is 72.1 cm³/mol. The minimum atomic E-state index is 0.0919. The number of nitrogens with zero attached hydrogens (tertiary/aromatic N) is 2. The van der Waals surface area contributed by atoms with Crippen LogP contribution >= 0.6 is 0 Å². The Balaban J connectivity index is 2.04. The summed E-state index contributed by atoms with van der Waals surface area (Å²) in [5.74, 6) is 0.268. The van der Waals surface area contributed by atoms with Crippen LogP contribution in [0.4, 0.5) is 0 Å². The molecule has 1 aromatic rings. The normalized spacial score (nSPS) is 21.3. The van der Waals surface area contributed by atoms with Crippen molar-refractivity contribution in [1.82, 2.24) is 9.47 Å². The number of Topliss-reactive ketones (excluding diaryl/α,β-unsaturated/α-hetero) is 1. The molecule has 1 aromatic heterocycles. The molecule has 1 aliphatic rings. The molecule has 0 unspecified atom stereocenters. The average Bonchev–Trinajstić information content (AvgIpc) is 2.61. The molecule has 1 saturated heterocycles. The fourth-order valence-electron chi connectivity index (χ4n) is 2.40. The largest absolute Gasteiger partial charge is 0.396 e. The van der Waals surface area contributed by atoms with Gasteiger partial charge in [0.2, 0.25) is 0 Å². The third-order valence-electron chi connectivity index (χ3n) is 3.58. The molecule has 0 spiro atoms.